The van der Waals surface area contributed by atoms with Crippen LogP contribution in [0.5, 0.6) is 0 Å². The summed E-state index contributed by atoms with van der Waals surface area (Å²) in [5.74, 6) is 0.844. The van der Waals surface area contributed by atoms with E-state index in [2.05, 4.69) is 204 Å². The van der Waals surface area contributed by atoms with Gasteiger partial charge in [0.1, 0.15) is 5.82 Å². The number of nitrogens with zero attached hydrogens (tertiary/aromatic N) is 1. The molecule has 0 aliphatic carbocycles. The fourth-order valence-electron chi connectivity index (χ4n) is 7.77. The molecule has 1 heterocycles. The molecule has 0 amide bonds. The molecule has 1 unspecified atom stereocenters. The van der Waals surface area contributed by atoms with Gasteiger partial charge in [0, 0.05) is 0 Å². The summed E-state index contributed by atoms with van der Waals surface area (Å²) in [7, 11) is 8.00. The standard InChI is InChI=1S/C44H32P2.C9H11N3.2ClH.Ru/c1-5-19-35(20-6-1)45(36-21-7-2-8-22-36)41-31-29-33-17-13-15-27-39(33)43(41)44-40-28-16-14-18-34(40)30-32-42(44)46(37-23-9-3-10-24-37)38-25-11-4-12-26-38;1-6(10)9-11-7-4-2-3-5-8(7)12-9;;;/h1-32H;2-6H,10H2,1H3,(H,11,12);2*1H;/q;;;;+2/p-2. The van der Waals surface area contributed by atoms with E-state index >= 15 is 0 Å². The van der Waals surface area contributed by atoms with E-state index in [0.29, 0.717) is 0 Å². The molecule has 0 radical (unpaired) electrons. The van der Waals surface area contributed by atoms with Crippen LogP contribution in [0.1, 0.15) is 18.8 Å². The van der Waals surface area contributed by atoms with Gasteiger partial charge in [0.25, 0.3) is 0 Å². The molecule has 10 rings (SSSR count). The molecule has 3 nitrogen and oxygen atoms in total. The Morgan fingerprint density at radius 1 is 0.459 bits per heavy atom. The quantitative estimate of drug-likeness (QED) is 0.118. The smallest absolute Gasteiger partial charge is 0.000884 e. The van der Waals surface area contributed by atoms with Crippen LogP contribution >= 0.6 is 35.2 Å². The van der Waals surface area contributed by atoms with Crippen LogP contribution in [-0.4, -0.2) is 9.97 Å². The Morgan fingerprint density at radius 2 is 0.803 bits per heavy atom. The number of imidazole rings is 1. The number of nitrogens with two attached hydrogens (primary N) is 1. The molecule has 1 aromatic heterocycles. The molecule has 1 atom stereocenters. The van der Waals surface area contributed by atoms with E-state index in [-0.39, 0.29) is 21.2 Å². The third-order valence-electron chi connectivity index (χ3n) is 10.4. The largest absolute Gasteiger partial charge is 0.0622 e. The number of hydrogen-bond donors (Lipinski definition) is 2. The third-order valence-corrected chi connectivity index (χ3v) is 15.4. The summed E-state index contributed by atoms with van der Waals surface area (Å²) in [5.41, 5.74) is 10.4. The van der Waals surface area contributed by atoms with Gasteiger partial charge in [0.05, 0.1) is 17.1 Å². The van der Waals surface area contributed by atoms with Gasteiger partial charge in [0.15, 0.2) is 0 Å². The molecule has 0 spiro atoms. The number of H-pyrrole nitrogens is 1. The van der Waals surface area contributed by atoms with E-state index in [4.69, 9.17) is 25.1 Å². The average molecular weight is 956 g/mol. The Hall–Kier alpha value is -5.01. The zero-order chi connectivity index (χ0) is 42.0. The normalized spacial score (nSPS) is 11.6. The van der Waals surface area contributed by atoms with Crippen molar-refractivity contribution < 1.29 is 15.1 Å². The van der Waals surface area contributed by atoms with Crippen molar-refractivity contribution in [3.63, 3.8) is 0 Å². The van der Waals surface area contributed by atoms with Crippen molar-refractivity contribution in [2.75, 3.05) is 0 Å². The summed E-state index contributed by atoms with van der Waals surface area (Å²) in [6, 6.07) is 79.7. The summed E-state index contributed by atoms with van der Waals surface area (Å²) < 4.78 is 0. The third kappa shape index (κ3) is 9.73. The van der Waals surface area contributed by atoms with Crippen LogP contribution < -0.4 is 37.6 Å². The minimum absolute atomic E-state index is 0.0302. The molecule has 10 aromatic rings. The number of hydrogen-bond acceptors (Lipinski definition) is 2. The molecule has 0 aliphatic rings. The fraction of sp³-hybridized carbons (Fsp3) is 0.0377. The number of fused-ring (bicyclic) bond motifs is 3. The minimum atomic E-state index is -0.852. The van der Waals surface area contributed by atoms with E-state index in [9.17, 15) is 0 Å². The van der Waals surface area contributed by atoms with Crippen molar-refractivity contribution in [2.45, 2.75) is 13.0 Å². The van der Waals surface area contributed by atoms with Gasteiger partial charge in [-0.25, -0.2) is 4.98 Å². The molecule has 0 aliphatic heterocycles. The van der Waals surface area contributed by atoms with E-state index in [0.717, 1.165) is 16.9 Å². The van der Waals surface area contributed by atoms with Gasteiger partial charge < -0.3 is 10.7 Å². The first-order chi connectivity index (χ1) is 30.1. The monoisotopic (exact) mass is 955 g/mol. The number of nitrogens with one attached hydrogen (secondary N) is 1. The molecular formula is C53H43Cl2N3P2Ru. The summed E-state index contributed by atoms with van der Waals surface area (Å²) in [6.07, 6.45) is 0. The molecule has 302 valence electrons. The van der Waals surface area contributed by atoms with E-state index < -0.39 is 15.8 Å². The van der Waals surface area contributed by atoms with E-state index in [1.165, 1.54) is 64.5 Å². The van der Waals surface area contributed by atoms with Gasteiger partial charge in [-0.1, -0.05) is 206 Å². The van der Waals surface area contributed by atoms with Crippen LogP contribution in [0.25, 0.3) is 43.7 Å². The van der Waals surface area contributed by atoms with Gasteiger partial charge >= 0.3 is 34.5 Å². The number of aromatic nitrogens is 2. The van der Waals surface area contributed by atoms with Crippen LogP contribution in [0.2, 0.25) is 0 Å². The molecule has 61 heavy (non-hydrogen) atoms. The first kappa shape index (κ1) is 42.7. The Balaban J connectivity index is 0.000000290. The Morgan fingerprint density at radius 3 is 1.18 bits per heavy atom. The molecule has 0 saturated carbocycles. The second-order valence-electron chi connectivity index (χ2n) is 14.4. The molecule has 0 saturated heterocycles. The Kier molecular flexibility index (Phi) is 14.5. The second-order valence-corrected chi connectivity index (χ2v) is 21.4. The molecule has 9 aromatic carbocycles. The predicted molar refractivity (Wildman–Crippen MR) is 265 cm³/mol. The van der Waals surface area contributed by atoms with Gasteiger partial charge in [-0.15, -0.1) is 0 Å². The maximum absolute atomic E-state index is 5.68. The summed E-state index contributed by atoms with van der Waals surface area (Å²) >= 11 is -0.346. The van der Waals surface area contributed by atoms with Crippen molar-refractivity contribution in [1.82, 2.24) is 9.97 Å². The topological polar surface area (TPSA) is 54.7 Å². The van der Waals surface area contributed by atoms with Crippen LogP contribution in [0.15, 0.2) is 218 Å². The maximum atomic E-state index is 5.68. The van der Waals surface area contributed by atoms with Crippen molar-refractivity contribution >= 4 is 99.6 Å². The summed E-state index contributed by atoms with van der Waals surface area (Å²) in [4.78, 5) is 7.49. The molecule has 8 heteroatoms. The minimum Gasteiger partial charge on any atom is -0.0622 e. The van der Waals surface area contributed by atoms with Gasteiger partial charge in [-0.3, -0.25) is 0 Å². The van der Waals surface area contributed by atoms with E-state index in [1.807, 2.05) is 31.2 Å². The van der Waals surface area contributed by atoms with Crippen molar-refractivity contribution in [2.24, 2.45) is 5.73 Å². The predicted octanol–water partition coefficient (Wildman–Crippen LogP) is 12.1. The number of aromatic amines is 1. The molecule has 3 N–H and O–H groups in total. The van der Waals surface area contributed by atoms with Gasteiger partial charge in [0.2, 0.25) is 0 Å². The Labute approximate surface area is 376 Å². The zero-order valence-corrected chi connectivity index (χ0v) is 38.4. The van der Waals surface area contributed by atoms with Crippen LogP contribution in [-0.2, 0) is 15.1 Å². The average Bonchev–Trinajstić information content (AvgIpc) is 3.77. The number of benzene rings is 9. The van der Waals surface area contributed by atoms with Gasteiger partial charge in [-0.05, 0) is 99.4 Å². The second kappa shape index (κ2) is 20.7. The van der Waals surface area contributed by atoms with Crippen molar-refractivity contribution in [3.8, 4) is 11.1 Å². The summed E-state index contributed by atoms with van der Waals surface area (Å²) in [6.45, 7) is 1.91. The SMILES string of the molecule is CC(N)c1nc2ccccc2[nH]1.[Cl][Ru][Cl].c1ccc(P(c2ccccc2)c2ccc3ccccc3c2-c2c(P(c3ccccc3)c3ccccc3)ccc3ccccc23)cc1. The number of rotatable bonds is 8. The Bertz CT molecular complexity index is 2690. The van der Waals surface area contributed by atoms with Crippen molar-refractivity contribution in [1.29, 1.82) is 0 Å². The number of halogens is 2. The number of para-hydroxylation sites is 2. The first-order valence-corrected chi connectivity index (χ1v) is 27.1. The summed E-state index contributed by atoms with van der Waals surface area (Å²) in [5, 5.41) is 13.3. The van der Waals surface area contributed by atoms with Crippen molar-refractivity contribution in [3.05, 3.63) is 224 Å². The van der Waals surface area contributed by atoms with Gasteiger partial charge in [-0.2, -0.15) is 0 Å². The van der Waals surface area contributed by atoms with Crippen LogP contribution in [0.4, 0.5) is 0 Å². The first-order valence-electron chi connectivity index (χ1n) is 20.0. The van der Waals surface area contributed by atoms with Crippen LogP contribution in [0.3, 0.4) is 0 Å². The van der Waals surface area contributed by atoms with E-state index in [1.54, 1.807) is 0 Å². The molecule has 0 fully saturated rings. The molecular weight excluding hydrogens is 913 g/mol. The fourth-order valence-corrected chi connectivity index (χ4v) is 12.7. The van der Waals surface area contributed by atoms with Crippen LogP contribution in [0, 0.1) is 0 Å². The zero-order valence-electron chi connectivity index (χ0n) is 33.4. The maximum Gasteiger partial charge on any atom is -0.000884 e. The molecule has 0 bridgehead atoms.